The molecule has 0 bridgehead atoms. The first-order valence-electron chi connectivity index (χ1n) is 5.92. The Balaban J connectivity index is 2.77. The molecule has 7 heteroatoms. The van der Waals surface area contributed by atoms with Crippen LogP contribution in [-0.2, 0) is 0 Å². The summed E-state index contributed by atoms with van der Waals surface area (Å²) < 4.78 is 1.36. The van der Waals surface area contributed by atoms with Crippen molar-refractivity contribution in [3.05, 3.63) is 33.8 Å². The Morgan fingerprint density at radius 2 is 1.85 bits per heavy atom. The van der Waals surface area contributed by atoms with E-state index in [1.54, 1.807) is 27.7 Å². The van der Waals surface area contributed by atoms with Crippen LogP contribution in [0.5, 0.6) is 0 Å². The summed E-state index contributed by atoms with van der Waals surface area (Å²) in [6, 6.07) is 2.08. The molecule has 0 spiro atoms. The number of aromatic nitrogens is 4. The Labute approximate surface area is 115 Å². The minimum atomic E-state index is -1.05. The molecule has 2 heterocycles. The van der Waals surface area contributed by atoms with Crippen LogP contribution in [0.1, 0.15) is 38.6 Å². The van der Waals surface area contributed by atoms with Crippen molar-refractivity contribution in [2.75, 3.05) is 0 Å². The molecule has 102 valence electrons. The molecule has 0 aliphatic rings. The number of aryl methyl sites for hydroxylation is 2. The second kappa shape index (κ2) is 4.74. The molecular formula is C13H13N5O2. The monoisotopic (exact) mass is 271 g/mol. The zero-order valence-electron chi connectivity index (χ0n) is 11.6. The maximum absolute atomic E-state index is 11.2. The van der Waals surface area contributed by atoms with Crippen molar-refractivity contribution in [2.24, 2.45) is 0 Å². The molecule has 2 aromatic heterocycles. The quantitative estimate of drug-likeness (QED) is 0.886. The average molecular weight is 271 g/mol. The zero-order chi connectivity index (χ0) is 15.0. The maximum Gasteiger partial charge on any atom is 0.339 e. The van der Waals surface area contributed by atoms with Gasteiger partial charge in [-0.25, -0.2) is 9.48 Å². The first-order valence-corrected chi connectivity index (χ1v) is 5.92. The van der Waals surface area contributed by atoms with Crippen molar-refractivity contribution in [1.82, 2.24) is 20.0 Å². The number of hydrogen-bond acceptors (Lipinski definition) is 5. The molecule has 0 fully saturated rings. The van der Waals surface area contributed by atoms with Gasteiger partial charge in [0.25, 0.3) is 0 Å². The number of nitriles is 1. The summed E-state index contributed by atoms with van der Waals surface area (Å²) in [5, 5.41) is 30.6. The van der Waals surface area contributed by atoms with Crippen LogP contribution in [0.25, 0.3) is 5.82 Å². The van der Waals surface area contributed by atoms with E-state index in [4.69, 9.17) is 0 Å². The number of carboxylic acid groups (broad SMARTS) is 1. The highest BCUT2D eigenvalue weighted by molar-refractivity contribution is 5.90. The normalized spacial score (nSPS) is 10.3. The van der Waals surface area contributed by atoms with Gasteiger partial charge < -0.3 is 5.11 Å². The van der Waals surface area contributed by atoms with E-state index in [1.165, 1.54) is 4.68 Å². The Morgan fingerprint density at radius 3 is 2.35 bits per heavy atom. The number of hydrogen-bond donors (Lipinski definition) is 1. The Hall–Kier alpha value is -2.75. The fraction of sp³-hybridized carbons (Fsp3) is 0.308. The third-order valence-electron chi connectivity index (χ3n) is 3.25. The molecule has 7 nitrogen and oxygen atoms in total. The highest BCUT2D eigenvalue weighted by Crippen LogP contribution is 2.21. The summed E-state index contributed by atoms with van der Waals surface area (Å²) in [6.45, 7) is 6.77. The van der Waals surface area contributed by atoms with Crippen LogP contribution in [0, 0.1) is 39.0 Å². The predicted octanol–water partition coefficient (Wildman–Crippen LogP) is 1.47. The lowest BCUT2D eigenvalue weighted by atomic mass is 10.1. The topological polar surface area (TPSA) is 105 Å². The highest BCUT2D eigenvalue weighted by Gasteiger charge is 2.22. The van der Waals surface area contributed by atoms with Crippen LogP contribution in [0.3, 0.4) is 0 Å². The largest absolute Gasteiger partial charge is 0.478 e. The molecular weight excluding hydrogens is 258 g/mol. The van der Waals surface area contributed by atoms with Crippen LogP contribution in [0.4, 0.5) is 0 Å². The molecule has 0 amide bonds. The van der Waals surface area contributed by atoms with E-state index >= 15 is 0 Å². The summed E-state index contributed by atoms with van der Waals surface area (Å²) in [4.78, 5) is 11.2. The molecule has 2 aromatic rings. The van der Waals surface area contributed by atoms with Gasteiger partial charge >= 0.3 is 5.97 Å². The SMILES string of the molecule is Cc1nnc(-n2nc(C)c(C(=O)O)c2C)c(C#N)c1C. The lowest BCUT2D eigenvalue weighted by Gasteiger charge is -2.08. The second-order valence-electron chi connectivity index (χ2n) is 4.48. The van der Waals surface area contributed by atoms with E-state index in [9.17, 15) is 15.2 Å². The molecule has 0 aliphatic carbocycles. The fourth-order valence-corrected chi connectivity index (χ4v) is 2.04. The Kier molecular flexibility index (Phi) is 3.24. The number of rotatable bonds is 2. The summed E-state index contributed by atoms with van der Waals surface area (Å²) in [5.41, 5.74) is 2.63. The first-order chi connectivity index (χ1) is 9.38. The molecule has 0 saturated heterocycles. The van der Waals surface area contributed by atoms with Crippen LogP contribution in [-0.4, -0.2) is 31.1 Å². The van der Waals surface area contributed by atoms with Crippen LogP contribution in [0.2, 0.25) is 0 Å². The van der Waals surface area contributed by atoms with Crippen molar-refractivity contribution in [3.8, 4) is 11.9 Å². The number of aromatic carboxylic acids is 1. The zero-order valence-corrected chi connectivity index (χ0v) is 11.6. The van der Waals surface area contributed by atoms with Gasteiger partial charge in [-0.1, -0.05) is 0 Å². The number of carboxylic acids is 1. The standard InChI is InChI=1S/C13H13N5O2/c1-6-7(2)15-16-12(10(6)5-14)18-9(4)11(13(19)20)8(3)17-18/h1-4H3,(H,19,20). The molecule has 0 aliphatic heterocycles. The molecule has 0 radical (unpaired) electrons. The van der Waals surface area contributed by atoms with E-state index in [1.807, 2.05) is 0 Å². The molecule has 0 aromatic carbocycles. The van der Waals surface area contributed by atoms with Gasteiger partial charge in [-0.15, -0.1) is 5.10 Å². The van der Waals surface area contributed by atoms with Crippen molar-refractivity contribution in [1.29, 1.82) is 5.26 Å². The van der Waals surface area contributed by atoms with Gasteiger partial charge in [0.15, 0.2) is 5.82 Å². The molecule has 0 atom stereocenters. The average Bonchev–Trinajstić information content (AvgIpc) is 2.67. The smallest absolute Gasteiger partial charge is 0.339 e. The summed E-state index contributed by atoms with van der Waals surface area (Å²) in [5.74, 6) is -0.801. The third kappa shape index (κ3) is 1.91. The lowest BCUT2D eigenvalue weighted by molar-refractivity contribution is 0.0695. The summed E-state index contributed by atoms with van der Waals surface area (Å²) in [7, 11) is 0. The van der Waals surface area contributed by atoms with Crippen molar-refractivity contribution >= 4 is 5.97 Å². The number of carbonyl (C=O) groups is 1. The fourth-order valence-electron chi connectivity index (χ4n) is 2.04. The van der Waals surface area contributed by atoms with Crippen molar-refractivity contribution < 1.29 is 9.90 Å². The van der Waals surface area contributed by atoms with E-state index in [2.05, 4.69) is 21.4 Å². The van der Waals surface area contributed by atoms with Crippen molar-refractivity contribution in [2.45, 2.75) is 27.7 Å². The molecule has 2 rings (SSSR count). The van der Waals surface area contributed by atoms with E-state index in [0.29, 0.717) is 28.2 Å². The van der Waals surface area contributed by atoms with Crippen LogP contribution < -0.4 is 0 Å². The summed E-state index contributed by atoms with van der Waals surface area (Å²) in [6.07, 6.45) is 0. The van der Waals surface area contributed by atoms with Gasteiger partial charge in [-0.05, 0) is 33.3 Å². The van der Waals surface area contributed by atoms with Gasteiger partial charge in [0.2, 0.25) is 0 Å². The van der Waals surface area contributed by atoms with Crippen molar-refractivity contribution in [3.63, 3.8) is 0 Å². The minimum absolute atomic E-state index is 0.119. The summed E-state index contributed by atoms with van der Waals surface area (Å²) >= 11 is 0. The second-order valence-corrected chi connectivity index (χ2v) is 4.48. The minimum Gasteiger partial charge on any atom is -0.478 e. The van der Waals surface area contributed by atoms with E-state index in [0.717, 1.165) is 0 Å². The Morgan fingerprint density at radius 1 is 1.20 bits per heavy atom. The van der Waals surface area contributed by atoms with E-state index in [-0.39, 0.29) is 11.4 Å². The van der Waals surface area contributed by atoms with Gasteiger partial charge in [-0.2, -0.15) is 15.5 Å². The predicted molar refractivity (Wildman–Crippen MR) is 69.8 cm³/mol. The highest BCUT2D eigenvalue weighted by atomic mass is 16.4. The van der Waals surface area contributed by atoms with Crippen LogP contribution >= 0.6 is 0 Å². The molecule has 0 saturated carbocycles. The maximum atomic E-state index is 11.2. The van der Waals surface area contributed by atoms with Gasteiger partial charge in [0, 0.05) is 0 Å². The Bertz CT molecular complexity index is 755. The van der Waals surface area contributed by atoms with Gasteiger partial charge in [0.05, 0.1) is 17.1 Å². The molecule has 20 heavy (non-hydrogen) atoms. The first kappa shape index (κ1) is 13.7. The van der Waals surface area contributed by atoms with Gasteiger partial charge in [-0.3, -0.25) is 0 Å². The van der Waals surface area contributed by atoms with E-state index < -0.39 is 5.97 Å². The van der Waals surface area contributed by atoms with Crippen LogP contribution in [0.15, 0.2) is 0 Å². The molecule has 1 N–H and O–H groups in total. The molecule has 0 unspecified atom stereocenters. The van der Waals surface area contributed by atoms with Gasteiger partial charge in [0.1, 0.15) is 17.2 Å². The lowest BCUT2D eigenvalue weighted by Crippen LogP contribution is -2.10. The number of nitrogens with zero attached hydrogens (tertiary/aromatic N) is 5. The third-order valence-corrected chi connectivity index (χ3v) is 3.25.